The van der Waals surface area contributed by atoms with Crippen molar-refractivity contribution in [2.45, 2.75) is 33.6 Å². The van der Waals surface area contributed by atoms with Crippen molar-refractivity contribution in [3.05, 3.63) is 59.9 Å². The van der Waals surface area contributed by atoms with Crippen LogP contribution in [-0.4, -0.2) is 9.38 Å². The molecule has 116 valence electrons. The van der Waals surface area contributed by atoms with Crippen molar-refractivity contribution in [2.75, 3.05) is 0 Å². The first-order valence-electron chi connectivity index (χ1n) is 8.46. The van der Waals surface area contributed by atoms with E-state index < -0.39 is 0 Å². The zero-order chi connectivity index (χ0) is 16.0. The van der Waals surface area contributed by atoms with Crippen LogP contribution >= 0.6 is 0 Å². The lowest BCUT2D eigenvalue weighted by Gasteiger charge is -2.13. The number of aryl methyl sites for hydroxylation is 1. The van der Waals surface area contributed by atoms with Gasteiger partial charge in [0.15, 0.2) is 0 Å². The van der Waals surface area contributed by atoms with Gasteiger partial charge < -0.3 is 0 Å². The average Bonchev–Trinajstić information content (AvgIpc) is 2.97. The Hall–Kier alpha value is -2.35. The third kappa shape index (κ3) is 2.21. The number of nitrogens with zero attached hydrogens (tertiary/aromatic N) is 2. The molecule has 4 rings (SSSR count). The molecule has 2 heterocycles. The predicted molar refractivity (Wildman–Crippen MR) is 98.1 cm³/mol. The zero-order valence-corrected chi connectivity index (χ0v) is 14.0. The van der Waals surface area contributed by atoms with E-state index in [1.54, 1.807) is 0 Å². The maximum Gasteiger partial charge on any atom is 0.145 e. The van der Waals surface area contributed by atoms with Gasteiger partial charge in [-0.15, -0.1) is 0 Å². The van der Waals surface area contributed by atoms with E-state index in [-0.39, 0.29) is 0 Å². The van der Waals surface area contributed by atoms with Crippen LogP contribution in [-0.2, 0) is 6.42 Å². The zero-order valence-electron chi connectivity index (χ0n) is 14.0. The summed E-state index contributed by atoms with van der Waals surface area (Å²) in [5.74, 6) is 0.720. The number of benzene rings is 2. The normalized spacial score (nSPS) is 13.2. The van der Waals surface area contributed by atoms with E-state index in [2.05, 4.69) is 72.6 Å². The lowest BCUT2D eigenvalue weighted by molar-refractivity contribution is 0.560. The molecule has 0 amide bonds. The van der Waals surface area contributed by atoms with E-state index in [0.29, 0.717) is 0 Å². The summed E-state index contributed by atoms with van der Waals surface area (Å²) >= 11 is 0. The van der Waals surface area contributed by atoms with E-state index in [1.165, 1.54) is 39.4 Å². The van der Waals surface area contributed by atoms with Gasteiger partial charge in [-0.2, -0.15) is 0 Å². The van der Waals surface area contributed by atoms with Crippen molar-refractivity contribution in [2.24, 2.45) is 5.92 Å². The maximum atomic E-state index is 4.64. The van der Waals surface area contributed by atoms with Crippen molar-refractivity contribution >= 4 is 27.3 Å². The van der Waals surface area contributed by atoms with Gasteiger partial charge in [0.2, 0.25) is 0 Å². The van der Waals surface area contributed by atoms with Gasteiger partial charge in [-0.1, -0.05) is 50.6 Å². The molecule has 2 aromatic heterocycles. The molecule has 0 aliphatic heterocycles. The summed E-state index contributed by atoms with van der Waals surface area (Å²) < 4.78 is 2.28. The summed E-state index contributed by atoms with van der Waals surface area (Å²) in [7, 11) is 0. The number of rotatable bonds is 3. The Kier molecular flexibility index (Phi) is 3.33. The summed E-state index contributed by atoms with van der Waals surface area (Å²) in [5, 5.41) is 3.86. The fourth-order valence-corrected chi connectivity index (χ4v) is 3.51. The molecule has 2 aromatic carbocycles. The van der Waals surface area contributed by atoms with Crippen LogP contribution in [0.25, 0.3) is 27.3 Å². The van der Waals surface area contributed by atoms with Gasteiger partial charge in [-0.05, 0) is 42.3 Å². The van der Waals surface area contributed by atoms with E-state index in [4.69, 9.17) is 0 Å². The van der Waals surface area contributed by atoms with Gasteiger partial charge in [0.1, 0.15) is 5.65 Å². The topological polar surface area (TPSA) is 17.3 Å². The average molecular weight is 302 g/mol. The lowest BCUT2D eigenvalue weighted by Crippen LogP contribution is -1.99. The Bertz CT molecular complexity index is 1010. The van der Waals surface area contributed by atoms with Crippen LogP contribution in [0.1, 0.15) is 31.5 Å². The Balaban J connectivity index is 2.09. The molecule has 0 N–H and O–H groups in total. The van der Waals surface area contributed by atoms with E-state index in [9.17, 15) is 0 Å². The SMILES string of the molecule is CCC(C)Cc1ccc2c(c1)c1ccccc1c1ncc(C)n21. The highest BCUT2D eigenvalue weighted by Gasteiger charge is 2.12. The van der Waals surface area contributed by atoms with Gasteiger partial charge >= 0.3 is 0 Å². The number of aromatic nitrogens is 2. The summed E-state index contributed by atoms with van der Waals surface area (Å²) in [6.07, 6.45) is 4.33. The minimum atomic E-state index is 0.720. The molecule has 23 heavy (non-hydrogen) atoms. The molecular formula is C21H22N2. The van der Waals surface area contributed by atoms with Crippen LogP contribution in [0.4, 0.5) is 0 Å². The maximum absolute atomic E-state index is 4.64. The molecule has 1 atom stereocenters. The Labute approximate surface area is 136 Å². The summed E-state index contributed by atoms with van der Waals surface area (Å²) in [4.78, 5) is 4.64. The molecule has 0 fully saturated rings. The van der Waals surface area contributed by atoms with Gasteiger partial charge in [0, 0.05) is 22.7 Å². The highest BCUT2D eigenvalue weighted by molar-refractivity contribution is 6.11. The molecular weight excluding hydrogens is 280 g/mol. The van der Waals surface area contributed by atoms with Crippen LogP contribution in [0.5, 0.6) is 0 Å². The second-order valence-corrected chi connectivity index (χ2v) is 6.67. The largest absolute Gasteiger partial charge is 0.296 e. The lowest BCUT2D eigenvalue weighted by atomic mass is 9.96. The van der Waals surface area contributed by atoms with E-state index in [0.717, 1.165) is 18.0 Å². The third-order valence-electron chi connectivity index (χ3n) is 4.98. The Morgan fingerprint density at radius 3 is 2.61 bits per heavy atom. The number of imidazole rings is 1. The van der Waals surface area contributed by atoms with Gasteiger partial charge in [-0.3, -0.25) is 4.40 Å². The molecule has 0 aliphatic rings. The van der Waals surface area contributed by atoms with Crippen molar-refractivity contribution in [1.29, 1.82) is 0 Å². The first-order chi connectivity index (χ1) is 11.2. The summed E-state index contributed by atoms with van der Waals surface area (Å²) in [6, 6.07) is 15.5. The van der Waals surface area contributed by atoms with Crippen LogP contribution < -0.4 is 0 Å². The minimum absolute atomic E-state index is 0.720. The number of pyridine rings is 1. The molecule has 0 saturated heterocycles. The van der Waals surface area contributed by atoms with Crippen LogP contribution in [0.3, 0.4) is 0 Å². The molecule has 4 aromatic rings. The van der Waals surface area contributed by atoms with E-state index >= 15 is 0 Å². The second kappa shape index (κ2) is 5.38. The quantitative estimate of drug-likeness (QED) is 0.454. The van der Waals surface area contributed by atoms with Crippen LogP contribution in [0, 0.1) is 12.8 Å². The summed E-state index contributed by atoms with van der Waals surface area (Å²) in [6.45, 7) is 6.71. The van der Waals surface area contributed by atoms with Gasteiger partial charge in [0.05, 0.1) is 5.52 Å². The van der Waals surface area contributed by atoms with E-state index in [1.807, 2.05) is 6.20 Å². The molecule has 0 saturated carbocycles. The fourth-order valence-electron chi connectivity index (χ4n) is 3.51. The molecule has 1 unspecified atom stereocenters. The molecule has 0 radical (unpaired) electrons. The molecule has 0 bridgehead atoms. The Morgan fingerprint density at radius 1 is 1.04 bits per heavy atom. The first-order valence-corrected chi connectivity index (χ1v) is 8.46. The molecule has 0 spiro atoms. The first kappa shape index (κ1) is 14.3. The van der Waals surface area contributed by atoms with Crippen molar-refractivity contribution < 1.29 is 0 Å². The highest BCUT2D eigenvalue weighted by atomic mass is 15.0. The van der Waals surface area contributed by atoms with Crippen LogP contribution in [0.2, 0.25) is 0 Å². The predicted octanol–water partition coefficient (Wildman–Crippen LogP) is 5.54. The third-order valence-corrected chi connectivity index (χ3v) is 4.98. The van der Waals surface area contributed by atoms with Crippen molar-refractivity contribution in [1.82, 2.24) is 9.38 Å². The number of fused-ring (bicyclic) bond motifs is 6. The van der Waals surface area contributed by atoms with Gasteiger partial charge in [-0.25, -0.2) is 4.98 Å². The fraction of sp³-hybridized carbons (Fsp3) is 0.286. The van der Waals surface area contributed by atoms with Crippen molar-refractivity contribution in [3.8, 4) is 0 Å². The highest BCUT2D eigenvalue weighted by Crippen LogP contribution is 2.31. The van der Waals surface area contributed by atoms with Gasteiger partial charge in [0.25, 0.3) is 0 Å². The molecule has 2 heteroatoms. The summed E-state index contributed by atoms with van der Waals surface area (Å²) in [5.41, 5.74) is 4.92. The molecule has 0 aliphatic carbocycles. The standard InChI is InChI=1S/C21H22N2/c1-4-14(2)11-16-9-10-20-19(12-16)17-7-5-6-8-18(17)21-22-13-15(3)23(20)21/h5-10,12-14H,4,11H2,1-3H3. The molecule has 2 nitrogen and oxygen atoms in total. The minimum Gasteiger partial charge on any atom is -0.296 e. The number of hydrogen-bond acceptors (Lipinski definition) is 1. The van der Waals surface area contributed by atoms with Crippen LogP contribution in [0.15, 0.2) is 48.7 Å². The van der Waals surface area contributed by atoms with Crippen molar-refractivity contribution in [3.63, 3.8) is 0 Å². The smallest absolute Gasteiger partial charge is 0.145 e. The number of hydrogen-bond donors (Lipinski definition) is 0. The monoisotopic (exact) mass is 302 g/mol. The second-order valence-electron chi connectivity index (χ2n) is 6.67. The Morgan fingerprint density at radius 2 is 1.83 bits per heavy atom.